The van der Waals surface area contributed by atoms with Gasteiger partial charge in [-0.05, 0) is 42.7 Å². The molecule has 0 heterocycles. The van der Waals surface area contributed by atoms with Crippen LogP contribution in [0.5, 0.6) is 5.75 Å². The molecule has 0 bridgehead atoms. The van der Waals surface area contributed by atoms with Crippen LogP contribution in [-0.2, 0) is 0 Å². The molecular weight excluding hydrogens is 232 g/mol. The van der Waals surface area contributed by atoms with Gasteiger partial charge in [0.2, 0.25) is 0 Å². The molecule has 1 unspecified atom stereocenters. The molecule has 0 saturated carbocycles. The lowest BCUT2D eigenvalue weighted by atomic mass is 10.1. The second kappa shape index (κ2) is 7.45. The highest BCUT2D eigenvalue weighted by Crippen LogP contribution is 2.20. The number of hydrogen-bond acceptors (Lipinski definition) is 4. The van der Waals surface area contributed by atoms with Crippen LogP contribution < -0.4 is 15.4 Å². The highest BCUT2D eigenvalue weighted by atomic mass is 32.2. The number of likely N-dealkylation sites (N-methyl/N-ethyl adjacent to an activating group) is 1. The van der Waals surface area contributed by atoms with E-state index in [1.54, 1.807) is 7.11 Å². The molecule has 0 fully saturated rings. The molecule has 1 aromatic rings. The Hall–Kier alpha value is -0.870. The van der Waals surface area contributed by atoms with E-state index >= 15 is 0 Å². The molecule has 1 aromatic carbocycles. The topological polar surface area (TPSA) is 38.5 Å². The van der Waals surface area contributed by atoms with E-state index in [9.17, 15) is 0 Å². The molecule has 1 atom stereocenters. The van der Waals surface area contributed by atoms with Gasteiger partial charge in [-0.1, -0.05) is 0 Å². The summed E-state index contributed by atoms with van der Waals surface area (Å²) in [6, 6.07) is 8.50. The van der Waals surface area contributed by atoms with Crippen molar-refractivity contribution in [1.29, 1.82) is 0 Å². The summed E-state index contributed by atoms with van der Waals surface area (Å²) in [4.78, 5) is 2.25. The van der Waals surface area contributed by atoms with Crippen LogP contribution in [0, 0.1) is 0 Å². The summed E-state index contributed by atoms with van der Waals surface area (Å²) < 4.78 is 5.15. The normalized spacial score (nSPS) is 12.2. The maximum Gasteiger partial charge on any atom is 0.119 e. The van der Waals surface area contributed by atoms with Gasteiger partial charge in [0.1, 0.15) is 5.75 Å². The first kappa shape index (κ1) is 14.2. The Labute approximate surface area is 108 Å². The second-order valence-electron chi connectivity index (χ2n) is 3.98. The highest BCUT2D eigenvalue weighted by Gasteiger charge is 2.13. The number of methoxy groups -OCH3 is 1. The van der Waals surface area contributed by atoms with Gasteiger partial charge in [0.25, 0.3) is 0 Å². The molecule has 1 rings (SSSR count). The van der Waals surface area contributed by atoms with Crippen molar-refractivity contribution < 1.29 is 4.74 Å². The van der Waals surface area contributed by atoms with Gasteiger partial charge in [-0.3, -0.25) is 0 Å². The average molecular weight is 254 g/mol. The number of ether oxygens (including phenoxy) is 1. The molecule has 0 aliphatic rings. The Morgan fingerprint density at radius 2 is 2.00 bits per heavy atom. The lowest BCUT2D eigenvalue weighted by Gasteiger charge is -2.29. The summed E-state index contributed by atoms with van der Waals surface area (Å²) in [6.45, 7) is 0.684. The fourth-order valence-electron chi connectivity index (χ4n) is 1.75. The number of anilines is 1. The first-order valence-electron chi connectivity index (χ1n) is 5.78. The highest BCUT2D eigenvalue weighted by molar-refractivity contribution is 7.98. The van der Waals surface area contributed by atoms with E-state index in [1.165, 1.54) is 5.69 Å². The van der Waals surface area contributed by atoms with Crippen molar-refractivity contribution >= 4 is 17.4 Å². The summed E-state index contributed by atoms with van der Waals surface area (Å²) in [5.41, 5.74) is 7.01. The molecule has 0 amide bonds. The summed E-state index contributed by atoms with van der Waals surface area (Å²) in [5, 5.41) is 0. The maximum atomic E-state index is 5.83. The van der Waals surface area contributed by atoms with Crippen molar-refractivity contribution in [3.8, 4) is 5.75 Å². The Kier molecular flexibility index (Phi) is 6.22. The van der Waals surface area contributed by atoms with Crippen LogP contribution in [0.25, 0.3) is 0 Å². The predicted octanol–water partition coefficient (Wildman–Crippen LogP) is 2.21. The molecule has 0 aromatic heterocycles. The van der Waals surface area contributed by atoms with Crippen LogP contribution in [0.3, 0.4) is 0 Å². The van der Waals surface area contributed by atoms with Crippen LogP contribution in [-0.4, -0.2) is 38.8 Å². The van der Waals surface area contributed by atoms with Crippen molar-refractivity contribution in [3.05, 3.63) is 24.3 Å². The number of nitrogens with two attached hydrogens (primary N) is 1. The van der Waals surface area contributed by atoms with Gasteiger partial charge in [-0.15, -0.1) is 0 Å². The van der Waals surface area contributed by atoms with E-state index in [0.29, 0.717) is 12.6 Å². The first-order valence-corrected chi connectivity index (χ1v) is 7.18. The van der Waals surface area contributed by atoms with Gasteiger partial charge in [0.05, 0.1) is 7.11 Å². The third-order valence-corrected chi connectivity index (χ3v) is 3.60. The minimum Gasteiger partial charge on any atom is -0.497 e. The third-order valence-electron chi connectivity index (χ3n) is 2.95. The lowest BCUT2D eigenvalue weighted by Crippen LogP contribution is -2.38. The van der Waals surface area contributed by atoms with E-state index in [-0.39, 0.29) is 0 Å². The minimum atomic E-state index is 0.399. The zero-order valence-electron chi connectivity index (χ0n) is 10.8. The van der Waals surface area contributed by atoms with E-state index in [2.05, 4.69) is 30.3 Å². The molecule has 2 N–H and O–H groups in total. The third kappa shape index (κ3) is 4.13. The van der Waals surface area contributed by atoms with E-state index in [1.807, 2.05) is 23.9 Å². The molecule has 96 valence electrons. The van der Waals surface area contributed by atoms with Gasteiger partial charge in [-0.25, -0.2) is 0 Å². The summed E-state index contributed by atoms with van der Waals surface area (Å²) in [6.07, 6.45) is 3.24. The molecule has 0 aliphatic heterocycles. The molecule has 0 radical (unpaired) electrons. The zero-order chi connectivity index (χ0) is 12.7. The molecular formula is C13H22N2OS. The standard InChI is InChI=1S/C13H22N2OS/c1-15(12(10-14)8-9-17-3)11-4-6-13(16-2)7-5-11/h4-7,12H,8-10,14H2,1-3H3. The van der Waals surface area contributed by atoms with Crippen molar-refractivity contribution in [2.45, 2.75) is 12.5 Å². The van der Waals surface area contributed by atoms with Crippen molar-refractivity contribution in [2.24, 2.45) is 5.73 Å². The number of rotatable bonds is 7. The Morgan fingerprint density at radius 1 is 1.35 bits per heavy atom. The van der Waals surface area contributed by atoms with Crippen molar-refractivity contribution in [1.82, 2.24) is 0 Å². The monoisotopic (exact) mass is 254 g/mol. The smallest absolute Gasteiger partial charge is 0.119 e. The zero-order valence-corrected chi connectivity index (χ0v) is 11.7. The minimum absolute atomic E-state index is 0.399. The van der Waals surface area contributed by atoms with Crippen molar-refractivity contribution in [3.63, 3.8) is 0 Å². The number of hydrogen-bond donors (Lipinski definition) is 1. The van der Waals surface area contributed by atoms with E-state index in [4.69, 9.17) is 10.5 Å². The van der Waals surface area contributed by atoms with Crippen LogP contribution in [0.4, 0.5) is 5.69 Å². The Balaban J connectivity index is 2.67. The maximum absolute atomic E-state index is 5.83. The molecule has 4 heteroatoms. The molecule has 0 spiro atoms. The van der Waals surface area contributed by atoms with Crippen LogP contribution in [0.2, 0.25) is 0 Å². The quantitative estimate of drug-likeness (QED) is 0.809. The van der Waals surface area contributed by atoms with E-state index < -0.39 is 0 Å². The summed E-state index contributed by atoms with van der Waals surface area (Å²) >= 11 is 1.86. The number of nitrogens with zero attached hydrogens (tertiary/aromatic N) is 1. The van der Waals surface area contributed by atoms with Gasteiger partial charge in [-0.2, -0.15) is 11.8 Å². The largest absolute Gasteiger partial charge is 0.497 e. The first-order chi connectivity index (χ1) is 8.22. The molecule has 17 heavy (non-hydrogen) atoms. The van der Waals surface area contributed by atoms with Crippen LogP contribution >= 0.6 is 11.8 Å². The summed E-state index contributed by atoms with van der Waals surface area (Å²) in [5.74, 6) is 2.03. The summed E-state index contributed by atoms with van der Waals surface area (Å²) in [7, 11) is 3.78. The van der Waals surface area contributed by atoms with Crippen molar-refractivity contribution in [2.75, 3.05) is 37.6 Å². The SMILES string of the molecule is COc1ccc(N(C)C(CN)CCSC)cc1. The Bertz CT molecular complexity index is 316. The predicted molar refractivity (Wildman–Crippen MR) is 77.2 cm³/mol. The van der Waals surface area contributed by atoms with Crippen LogP contribution in [0.1, 0.15) is 6.42 Å². The van der Waals surface area contributed by atoms with Gasteiger partial charge < -0.3 is 15.4 Å². The van der Waals surface area contributed by atoms with Gasteiger partial charge in [0.15, 0.2) is 0 Å². The number of benzene rings is 1. The van der Waals surface area contributed by atoms with E-state index in [0.717, 1.165) is 17.9 Å². The fraction of sp³-hybridized carbons (Fsp3) is 0.538. The lowest BCUT2D eigenvalue weighted by molar-refractivity contribution is 0.415. The fourth-order valence-corrected chi connectivity index (χ4v) is 2.26. The molecule has 0 aliphatic carbocycles. The number of thioether (sulfide) groups is 1. The molecule has 3 nitrogen and oxygen atoms in total. The van der Waals surface area contributed by atoms with Gasteiger partial charge in [0, 0.05) is 25.3 Å². The average Bonchev–Trinajstić information content (AvgIpc) is 2.39. The van der Waals surface area contributed by atoms with Gasteiger partial charge >= 0.3 is 0 Å². The van der Waals surface area contributed by atoms with Crippen LogP contribution in [0.15, 0.2) is 24.3 Å². The molecule has 0 saturated heterocycles. The Morgan fingerprint density at radius 3 is 2.47 bits per heavy atom. The second-order valence-corrected chi connectivity index (χ2v) is 4.97.